The predicted octanol–water partition coefficient (Wildman–Crippen LogP) is 4.74. The third-order valence-corrected chi connectivity index (χ3v) is 5.04. The van der Waals surface area contributed by atoms with Crippen molar-refractivity contribution in [2.24, 2.45) is 0 Å². The summed E-state index contributed by atoms with van der Waals surface area (Å²) >= 11 is 8.83. The van der Waals surface area contributed by atoms with Crippen LogP contribution < -0.4 is 5.32 Å². The first-order chi connectivity index (χ1) is 11.2. The van der Waals surface area contributed by atoms with E-state index in [1.807, 2.05) is 41.8 Å². The van der Waals surface area contributed by atoms with Crippen molar-refractivity contribution in [3.8, 4) is 0 Å². The van der Waals surface area contributed by atoms with E-state index in [1.54, 1.807) is 23.9 Å². The largest absolute Gasteiger partial charge is 0.304 e. The van der Waals surface area contributed by atoms with Gasteiger partial charge in [0.2, 0.25) is 0 Å². The lowest BCUT2D eigenvalue weighted by Gasteiger charge is -2.04. The second-order valence-corrected chi connectivity index (χ2v) is 6.98. The van der Waals surface area contributed by atoms with Crippen LogP contribution in [0, 0.1) is 0 Å². The molecule has 1 aromatic carbocycles. The molecule has 0 unspecified atom stereocenters. The third-order valence-electron chi connectivity index (χ3n) is 2.93. The van der Waals surface area contributed by atoms with Crippen molar-refractivity contribution >= 4 is 46.4 Å². The number of nitrogens with zero attached hydrogens (tertiary/aromatic N) is 2. The first kappa shape index (κ1) is 16.0. The number of hydrogen-bond donors (Lipinski definition) is 1. The zero-order valence-corrected chi connectivity index (χ0v) is 14.3. The van der Waals surface area contributed by atoms with E-state index in [1.165, 1.54) is 11.3 Å². The van der Waals surface area contributed by atoms with Gasteiger partial charge in [0.05, 0.1) is 4.88 Å². The van der Waals surface area contributed by atoms with Gasteiger partial charge in [-0.1, -0.05) is 41.6 Å². The van der Waals surface area contributed by atoms with Crippen LogP contribution in [0.25, 0.3) is 0 Å². The van der Waals surface area contributed by atoms with Crippen LogP contribution in [0.5, 0.6) is 0 Å². The Morgan fingerprint density at radius 2 is 1.96 bits per heavy atom. The van der Waals surface area contributed by atoms with Crippen LogP contribution in [-0.2, 0) is 5.75 Å². The van der Waals surface area contributed by atoms with Crippen molar-refractivity contribution in [3.05, 3.63) is 69.4 Å². The van der Waals surface area contributed by atoms with Crippen LogP contribution in [0.1, 0.15) is 15.2 Å². The molecule has 4 nitrogen and oxygen atoms in total. The Balaban J connectivity index is 1.56. The highest BCUT2D eigenvalue weighted by Gasteiger charge is 2.08. The number of thiophene rings is 1. The van der Waals surface area contributed by atoms with Crippen LogP contribution in [0.2, 0.25) is 5.02 Å². The fourth-order valence-electron chi connectivity index (χ4n) is 1.79. The summed E-state index contributed by atoms with van der Waals surface area (Å²) in [7, 11) is 0. The van der Waals surface area contributed by atoms with E-state index < -0.39 is 0 Å². The lowest BCUT2D eigenvalue weighted by Crippen LogP contribution is -2.11. The maximum atomic E-state index is 11.9. The van der Waals surface area contributed by atoms with Crippen molar-refractivity contribution in [2.75, 3.05) is 5.32 Å². The Morgan fingerprint density at radius 3 is 2.61 bits per heavy atom. The van der Waals surface area contributed by atoms with Crippen molar-refractivity contribution in [1.82, 2.24) is 10.2 Å². The number of nitrogens with one attached hydrogen (secondary N) is 1. The van der Waals surface area contributed by atoms with Gasteiger partial charge in [-0.25, -0.2) is 0 Å². The topological polar surface area (TPSA) is 54.9 Å². The van der Waals surface area contributed by atoms with Gasteiger partial charge in [-0.15, -0.1) is 21.5 Å². The molecule has 1 amide bonds. The van der Waals surface area contributed by atoms with Gasteiger partial charge in [0, 0.05) is 10.8 Å². The molecule has 0 atom stereocenters. The maximum Gasteiger partial charge on any atom is 0.266 e. The van der Waals surface area contributed by atoms with Crippen molar-refractivity contribution in [1.29, 1.82) is 0 Å². The summed E-state index contributed by atoms with van der Waals surface area (Å²) in [5.41, 5.74) is 1.16. The Bertz CT molecular complexity index is 774. The molecule has 0 radical (unpaired) electrons. The summed E-state index contributed by atoms with van der Waals surface area (Å²) in [6, 6.07) is 14.9. The fourth-order valence-corrected chi connectivity index (χ4v) is 3.30. The minimum Gasteiger partial charge on any atom is -0.304 e. The Hall–Kier alpha value is -1.89. The monoisotopic (exact) mass is 361 g/mol. The van der Waals surface area contributed by atoms with Crippen molar-refractivity contribution < 1.29 is 4.79 Å². The molecule has 2 aromatic heterocycles. The summed E-state index contributed by atoms with van der Waals surface area (Å²) < 4.78 is 0. The smallest absolute Gasteiger partial charge is 0.266 e. The molecule has 3 rings (SSSR count). The van der Waals surface area contributed by atoms with Gasteiger partial charge in [0.1, 0.15) is 5.03 Å². The summed E-state index contributed by atoms with van der Waals surface area (Å²) in [5.74, 6) is 1.06. The molecule has 0 saturated heterocycles. The molecular formula is C16H12ClN3OS2. The first-order valence-corrected chi connectivity index (χ1v) is 9.01. The van der Waals surface area contributed by atoms with E-state index in [2.05, 4.69) is 15.5 Å². The summed E-state index contributed by atoms with van der Waals surface area (Å²) in [4.78, 5) is 12.6. The van der Waals surface area contributed by atoms with E-state index in [0.29, 0.717) is 10.7 Å². The average molecular weight is 362 g/mol. The van der Waals surface area contributed by atoms with Gasteiger partial charge in [-0.05, 0) is 41.3 Å². The molecule has 0 spiro atoms. The molecule has 7 heteroatoms. The van der Waals surface area contributed by atoms with Gasteiger partial charge < -0.3 is 5.32 Å². The zero-order chi connectivity index (χ0) is 16.1. The first-order valence-electron chi connectivity index (χ1n) is 6.76. The van der Waals surface area contributed by atoms with Crippen LogP contribution in [-0.4, -0.2) is 16.1 Å². The summed E-state index contributed by atoms with van der Waals surface area (Å²) in [6.45, 7) is 0. The molecule has 0 aliphatic rings. The SMILES string of the molecule is O=C(Nc1ccc(SCc2ccc(Cl)cc2)nn1)c1cccs1. The summed E-state index contributed by atoms with van der Waals surface area (Å²) in [6.07, 6.45) is 0. The molecule has 23 heavy (non-hydrogen) atoms. The number of carbonyl (C=O) groups excluding carboxylic acids is 1. The number of hydrogen-bond acceptors (Lipinski definition) is 5. The fraction of sp³-hybridized carbons (Fsp3) is 0.0625. The molecule has 3 aromatic rings. The minimum absolute atomic E-state index is 0.170. The molecule has 1 N–H and O–H groups in total. The van der Waals surface area contributed by atoms with Gasteiger partial charge in [-0.3, -0.25) is 4.79 Å². The zero-order valence-electron chi connectivity index (χ0n) is 11.9. The van der Waals surface area contributed by atoms with E-state index >= 15 is 0 Å². The maximum absolute atomic E-state index is 11.9. The number of carbonyl (C=O) groups is 1. The lowest BCUT2D eigenvalue weighted by molar-refractivity contribution is 0.103. The highest BCUT2D eigenvalue weighted by atomic mass is 35.5. The Kier molecular flexibility index (Phi) is 5.27. The molecule has 0 bridgehead atoms. The van der Waals surface area contributed by atoms with E-state index in [9.17, 15) is 4.79 Å². The van der Waals surface area contributed by atoms with Gasteiger partial charge in [0.25, 0.3) is 5.91 Å². The molecule has 2 heterocycles. The molecule has 116 valence electrons. The molecule has 0 fully saturated rings. The minimum atomic E-state index is -0.170. The van der Waals surface area contributed by atoms with Gasteiger partial charge in [-0.2, -0.15) is 0 Å². The number of aromatic nitrogens is 2. The number of rotatable bonds is 5. The quantitative estimate of drug-likeness (QED) is 0.667. The van der Waals surface area contributed by atoms with Crippen LogP contribution in [0.3, 0.4) is 0 Å². The second-order valence-electron chi connectivity index (χ2n) is 4.60. The average Bonchev–Trinajstić information content (AvgIpc) is 3.10. The molecular weight excluding hydrogens is 350 g/mol. The van der Waals surface area contributed by atoms with Crippen molar-refractivity contribution in [3.63, 3.8) is 0 Å². The molecule has 0 aliphatic heterocycles. The standard InChI is InChI=1S/C16H12ClN3OS2/c17-12-5-3-11(4-6-12)10-23-15-8-7-14(19-20-15)18-16(21)13-2-1-9-22-13/h1-9H,10H2,(H,18,19,21). The molecule has 0 saturated carbocycles. The van der Waals surface area contributed by atoms with Gasteiger partial charge in [0.15, 0.2) is 5.82 Å². The Labute approximate surface area is 146 Å². The highest BCUT2D eigenvalue weighted by Crippen LogP contribution is 2.22. The second kappa shape index (κ2) is 7.59. The van der Waals surface area contributed by atoms with E-state index in [0.717, 1.165) is 21.4 Å². The van der Waals surface area contributed by atoms with E-state index in [-0.39, 0.29) is 5.91 Å². The van der Waals surface area contributed by atoms with Crippen LogP contribution >= 0.6 is 34.7 Å². The van der Waals surface area contributed by atoms with Crippen LogP contribution in [0.4, 0.5) is 5.82 Å². The van der Waals surface area contributed by atoms with E-state index in [4.69, 9.17) is 11.6 Å². The third kappa shape index (κ3) is 4.54. The summed E-state index contributed by atoms with van der Waals surface area (Å²) in [5, 5.41) is 14.3. The normalized spacial score (nSPS) is 10.5. The Morgan fingerprint density at radius 1 is 1.13 bits per heavy atom. The van der Waals surface area contributed by atoms with Gasteiger partial charge >= 0.3 is 0 Å². The highest BCUT2D eigenvalue weighted by molar-refractivity contribution is 7.98. The lowest BCUT2D eigenvalue weighted by atomic mass is 10.2. The number of halogens is 1. The number of thioether (sulfide) groups is 1. The number of amides is 1. The predicted molar refractivity (Wildman–Crippen MR) is 95.3 cm³/mol. The van der Waals surface area contributed by atoms with Crippen molar-refractivity contribution in [2.45, 2.75) is 10.8 Å². The number of benzene rings is 1. The number of anilines is 1. The molecule has 0 aliphatic carbocycles. The van der Waals surface area contributed by atoms with Crippen LogP contribution in [0.15, 0.2) is 58.9 Å².